The zero-order valence-corrected chi connectivity index (χ0v) is 13.0. The predicted octanol–water partition coefficient (Wildman–Crippen LogP) is 0.999. The largest absolute Gasteiger partial charge is 0.438 e. The van der Waals surface area contributed by atoms with E-state index in [1.807, 2.05) is 0 Å². The quantitative estimate of drug-likeness (QED) is 0.454. The molecule has 1 fully saturated rings. The van der Waals surface area contributed by atoms with Gasteiger partial charge in [0.15, 0.2) is 5.65 Å². The van der Waals surface area contributed by atoms with Crippen LogP contribution in [0.3, 0.4) is 0 Å². The Hall–Kier alpha value is -1.73. The van der Waals surface area contributed by atoms with Crippen molar-refractivity contribution < 1.29 is 37.6 Å². The van der Waals surface area contributed by atoms with Crippen LogP contribution in [0, 0.1) is 10.6 Å². The molecule has 1 aliphatic rings. The molecule has 4 N–H and O–H groups in total. The van der Waals surface area contributed by atoms with Gasteiger partial charge in [-0.15, -0.1) is 0 Å². The Kier molecular flexibility index (Phi) is 4.49. The molecule has 2 aromatic heterocycles. The lowest BCUT2D eigenvalue weighted by Gasteiger charge is -2.16. The van der Waals surface area contributed by atoms with E-state index < -0.39 is 54.5 Å². The minimum absolute atomic E-state index is 0.0680. The number of hydrogen-bond donors (Lipinski definition) is 4. The Morgan fingerprint density at radius 2 is 1.92 bits per heavy atom. The molecule has 4 unspecified atom stereocenters. The second-order valence-electron chi connectivity index (χ2n) is 5.41. The minimum Gasteiger partial charge on any atom is -0.394 e. The summed E-state index contributed by atoms with van der Waals surface area (Å²) >= 11 is 5.02. The Bertz CT molecular complexity index is 875. The average molecular weight is 381 g/mol. The second kappa shape index (κ2) is 6.21. The lowest BCUT2D eigenvalue weighted by Crippen LogP contribution is -2.32. The maximum absolute atomic E-state index is 13.6. The highest BCUT2D eigenvalue weighted by Gasteiger charge is 2.44. The van der Waals surface area contributed by atoms with E-state index in [0.29, 0.717) is 0 Å². The van der Waals surface area contributed by atoms with Crippen LogP contribution in [0.4, 0.5) is 17.6 Å². The maximum Gasteiger partial charge on any atom is 0.438 e. The second-order valence-corrected chi connectivity index (χ2v) is 5.82. The number of nitrogens with zero attached hydrogens (tertiary/aromatic N) is 2. The zero-order valence-electron chi connectivity index (χ0n) is 12.2. The number of aliphatic hydroxyl groups excluding tert-OH is 3. The Morgan fingerprint density at radius 3 is 2.48 bits per heavy atom. The highest BCUT2D eigenvalue weighted by Crippen LogP contribution is 2.35. The van der Waals surface area contributed by atoms with Crippen molar-refractivity contribution >= 4 is 23.4 Å². The third kappa shape index (κ3) is 3.11. The van der Waals surface area contributed by atoms with Gasteiger partial charge in [0.1, 0.15) is 34.6 Å². The average Bonchev–Trinajstić information content (AvgIpc) is 2.81. The van der Waals surface area contributed by atoms with Crippen LogP contribution < -0.4 is 0 Å². The van der Waals surface area contributed by atoms with Crippen LogP contribution in [-0.4, -0.2) is 55.2 Å². The number of nitrogens with one attached hydrogen (secondary N) is 1. The number of aliphatic hydroxyl groups is 3. The molecule has 25 heavy (non-hydrogen) atoms. The molecule has 0 aliphatic carbocycles. The van der Waals surface area contributed by atoms with Crippen molar-refractivity contribution in [2.24, 2.45) is 0 Å². The molecule has 136 valence electrons. The van der Waals surface area contributed by atoms with Crippen molar-refractivity contribution in [3.8, 4) is 0 Å². The third-order valence-electron chi connectivity index (χ3n) is 3.78. The van der Waals surface area contributed by atoms with Crippen LogP contribution in [-0.2, 0) is 10.9 Å². The van der Waals surface area contributed by atoms with Crippen molar-refractivity contribution in [1.29, 1.82) is 0 Å². The number of alkyl halides is 3. The normalized spacial score (nSPS) is 27.2. The van der Waals surface area contributed by atoms with Crippen molar-refractivity contribution in [2.45, 2.75) is 30.6 Å². The summed E-state index contributed by atoms with van der Waals surface area (Å²) in [5.41, 5.74) is -2.38. The first-order chi connectivity index (χ1) is 11.6. The predicted molar refractivity (Wildman–Crippen MR) is 76.4 cm³/mol. The van der Waals surface area contributed by atoms with Crippen molar-refractivity contribution in [3.63, 3.8) is 0 Å². The van der Waals surface area contributed by atoms with Crippen LogP contribution in [0.2, 0.25) is 0 Å². The Morgan fingerprint density at radius 1 is 1.24 bits per heavy atom. The van der Waals surface area contributed by atoms with Gasteiger partial charge in [0.05, 0.1) is 6.61 Å². The van der Waals surface area contributed by atoms with E-state index in [4.69, 9.17) is 22.1 Å². The van der Waals surface area contributed by atoms with Gasteiger partial charge in [0.2, 0.25) is 11.6 Å². The number of aromatic nitrogens is 3. The topological polar surface area (TPSA) is 111 Å². The maximum atomic E-state index is 13.6. The summed E-state index contributed by atoms with van der Waals surface area (Å²) in [6, 6.07) is 1.12. The molecule has 0 bridgehead atoms. The first-order valence-corrected chi connectivity index (χ1v) is 7.34. The number of aromatic amines is 1. The molecule has 1 saturated heterocycles. The van der Waals surface area contributed by atoms with Crippen LogP contribution >= 0.6 is 12.2 Å². The fourth-order valence-electron chi connectivity index (χ4n) is 2.56. The Balaban J connectivity index is 2.10. The number of halogens is 4. The number of pyridine rings is 1. The van der Waals surface area contributed by atoms with Gasteiger partial charge >= 0.3 is 6.18 Å². The molecule has 4 atom stereocenters. The molecule has 7 nitrogen and oxygen atoms in total. The van der Waals surface area contributed by atoms with E-state index in [0.717, 1.165) is 6.07 Å². The molecule has 2 aromatic rings. The van der Waals surface area contributed by atoms with Crippen molar-refractivity contribution in [1.82, 2.24) is 15.0 Å². The van der Waals surface area contributed by atoms with Gasteiger partial charge in [0.25, 0.3) is 0 Å². The summed E-state index contributed by atoms with van der Waals surface area (Å²) in [5.74, 6) is -1.81. The molecule has 0 saturated carbocycles. The molecule has 1 aliphatic heterocycles. The standard InChI is InChI=1S/C13H11F4N3O4S/c14-10-9(13(15,16)17)19-11-4(18-10)1-3(12(25)20-11)8-7(23)6(22)5(2-21)24-8/h1,5-8,21-23H,2H2,(H,19,20,25). The van der Waals surface area contributed by atoms with E-state index in [1.165, 1.54) is 0 Å². The van der Waals surface area contributed by atoms with Crippen LogP contribution in [0.5, 0.6) is 0 Å². The van der Waals surface area contributed by atoms with E-state index >= 15 is 0 Å². The van der Waals surface area contributed by atoms with Gasteiger partial charge in [-0.3, -0.25) is 0 Å². The number of fused-ring (bicyclic) bond motifs is 1. The summed E-state index contributed by atoms with van der Waals surface area (Å²) in [6.45, 7) is -0.567. The van der Waals surface area contributed by atoms with Gasteiger partial charge in [-0.25, -0.2) is 9.97 Å². The zero-order chi connectivity index (χ0) is 18.5. The van der Waals surface area contributed by atoms with Gasteiger partial charge in [-0.1, -0.05) is 12.2 Å². The molecular formula is C13H11F4N3O4S. The minimum atomic E-state index is -5.03. The first-order valence-electron chi connectivity index (χ1n) is 6.93. The Labute approximate surface area is 141 Å². The summed E-state index contributed by atoms with van der Waals surface area (Å²) in [6.07, 6.45) is -10.1. The number of H-pyrrole nitrogens is 1. The third-order valence-corrected chi connectivity index (χ3v) is 4.12. The smallest absolute Gasteiger partial charge is 0.394 e. The molecule has 0 aromatic carbocycles. The van der Waals surface area contributed by atoms with Crippen molar-refractivity contribution in [2.75, 3.05) is 6.61 Å². The van der Waals surface area contributed by atoms with E-state index in [9.17, 15) is 27.8 Å². The number of rotatable bonds is 2. The molecule has 0 spiro atoms. The lowest BCUT2D eigenvalue weighted by molar-refractivity contribution is -0.143. The van der Waals surface area contributed by atoms with Crippen LogP contribution in [0.15, 0.2) is 6.07 Å². The highest BCUT2D eigenvalue weighted by atomic mass is 32.1. The van der Waals surface area contributed by atoms with Gasteiger partial charge in [-0.2, -0.15) is 17.6 Å². The van der Waals surface area contributed by atoms with Crippen LogP contribution in [0.25, 0.3) is 11.2 Å². The fourth-order valence-corrected chi connectivity index (χ4v) is 2.83. The molecule has 12 heteroatoms. The number of hydrogen-bond acceptors (Lipinski definition) is 7. The van der Waals surface area contributed by atoms with Crippen LogP contribution in [0.1, 0.15) is 17.4 Å². The van der Waals surface area contributed by atoms with Crippen molar-refractivity contribution in [3.05, 3.63) is 27.9 Å². The van der Waals surface area contributed by atoms with E-state index in [2.05, 4.69) is 15.0 Å². The first kappa shape index (κ1) is 18.1. The summed E-state index contributed by atoms with van der Waals surface area (Å²) < 4.78 is 56.8. The van der Waals surface area contributed by atoms with Gasteiger partial charge in [-0.05, 0) is 6.07 Å². The molecule has 0 amide bonds. The molecule has 0 radical (unpaired) electrons. The summed E-state index contributed by atoms with van der Waals surface area (Å²) in [5, 5.41) is 28.9. The highest BCUT2D eigenvalue weighted by molar-refractivity contribution is 7.71. The van der Waals surface area contributed by atoms with E-state index in [1.54, 1.807) is 0 Å². The molecule has 3 heterocycles. The van der Waals surface area contributed by atoms with Gasteiger partial charge < -0.3 is 25.0 Å². The molecular weight excluding hydrogens is 370 g/mol. The summed E-state index contributed by atoms with van der Waals surface area (Å²) in [4.78, 5) is 8.77. The number of ether oxygens (including phenoxy) is 1. The van der Waals surface area contributed by atoms with Gasteiger partial charge in [0, 0.05) is 5.56 Å². The SMILES string of the molecule is OCC1OC(c2cc3nc(F)c(C(F)(F)F)nc3[nH]c2=S)C(O)C1O. The van der Waals surface area contributed by atoms with E-state index in [-0.39, 0.29) is 15.7 Å². The molecule has 3 rings (SSSR count). The monoisotopic (exact) mass is 381 g/mol. The lowest BCUT2D eigenvalue weighted by atomic mass is 10.0. The summed E-state index contributed by atoms with van der Waals surface area (Å²) in [7, 11) is 0. The fraction of sp³-hybridized carbons (Fsp3) is 0.462.